The van der Waals surface area contributed by atoms with Gasteiger partial charge in [0.1, 0.15) is 39.5 Å². The Morgan fingerprint density at radius 1 is 1.17 bits per heavy atom. The van der Waals surface area contributed by atoms with E-state index in [1.165, 1.54) is 7.11 Å². The highest BCUT2D eigenvalue weighted by Crippen LogP contribution is 2.45. The predicted molar refractivity (Wildman–Crippen MR) is 134 cm³/mol. The molecule has 0 saturated heterocycles. The van der Waals surface area contributed by atoms with E-state index in [-0.39, 0.29) is 34.2 Å². The number of ether oxygens (including phenoxy) is 2. The molecule has 4 rings (SSSR count). The Balaban J connectivity index is 1.84. The predicted octanol–water partition coefficient (Wildman–Crippen LogP) is 3.86. The zero-order chi connectivity index (χ0) is 25.1. The number of anilines is 3. The van der Waals surface area contributed by atoms with Gasteiger partial charge in [0.2, 0.25) is 0 Å². The molecule has 0 atom stereocenters. The number of hydrogen-bond acceptors (Lipinski definition) is 9. The van der Waals surface area contributed by atoms with E-state index in [4.69, 9.17) is 26.7 Å². The van der Waals surface area contributed by atoms with Crippen LogP contribution in [0.3, 0.4) is 0 Å². The van der Waals surface area contributed by atoms with E-state index in [9.17, 15) is 14.9 Å². The third-order valence-corrected chi connectivity index (χ3v) is 6.30. The second kappa shape index (κ2) is 9.58. The van der Waals surface area contributed by atoms with Crippen molar-refractivity contribution in [3.8, 4) is 22.9 Å². The fourth-order valence-corrected chi connectivity index (χ4v) is 4.54. The summed E-state index contributed by atoms with van der Waals surface area (Å²) in [5.74, 6) is -0.341. The molecule has 35 heavy (non-hydrogen) atoms. The normalized spacial score (nSPS) is 10.5. The standard InChI is InChI=1S/C24H20N6O4S/c1-33-13-7-8-14(16(9-13)29-24(32)34-11-12-5-3-2-4-6-12)17-15(10-25)21(27)30-23-18(17)19(26)20(35-23)22(28)31/h2-9H,11,26H2,1H3,(H2,27,30)(H2,28,31)(H,29,32). The first kappa shape index (κ1) is 23.3. The highest BCUT2D eigenvalue weighted by atomic mass is 32.1. The molecule has 0 saturated carbocycles. The Bertz CT molecular complexity index is 1490. The number of hydrogen-bond donors (Lipinski definition) is 4. The van der Waals surface area contributed by atoms with Gasteiger partial charge in [-0.3, -0.25) is 10.1 Å². The number of primary amides is 1. The van der Waals surface area contributed by atoms with E-state index in [1.807, 2.05) is 36.4 Å². The molecule has 0 radical (unpaired) electrons. The quantitative estimate of drug-likeness (QED) is 0.316. The van der Waals surface area contributed by atoms with Crippen molar-refractivity contribution in [2.75, 3.05) is 23.9 Å². The molecule has 2 amide bonds. The van der Waals surface area contributed by atoms with Crippen molar-refractivity contribution in [3.05, 3.63) is 64.5 Å². The first-order valence-corrected chi connectivity index (χ1v) is 11.0. The summed E-state index contributed by atoms with van der Waals surface area (Å²) in [6, 6.07) is 16.1. The van der Waals surface area contributed by atoms with Crippen LogP contribution in [0.2, 0.25) is 0 Å². The van der Waals surface area contributed by atoms with Gasteiger partial charge in [-0.2, -0.15) is 5.26 Å². The molecule has 10 nitrogen and oxygen atoms in total. The SMILES string of the molecule is COc1ccc(-c2c(C#N)c(N)nc3sc(C(N)=O)c(N)c23)c(NC(=O)OCc2ccccc2)c1. The van der Waals surface area contributed by atoms with Gasteiger partial charge in [-0.1, -0.05) is 30.3 Å². The maximum absolute atomic E-state index is 12.7. The lowest BCUT2D eigenvalue weighted by atomic mass is 9.95. The summed E-state index contributed by atoms with van der Waals surface area (Å²) in [7, 11) is 1.48. The molecule has 0 aliphatic carbocycles. The Morgan fingerprint density at radius 3 is 2.57 bits per heavy atom. The molecule has 0 unspecified atom stereocenters. The minimum atomic E-state index is -0.730. The molecule has 0 bridgehead atoms. The fraction of sp³-hybridized carbons (Fsp3) is 0.0833. The number of rotatable bonds is 6. The first-order valence-electron chi connectivity index (χ1n) is 10.2. The second-order valence-electron chi connectivity index (χ2n) is 7.35. The largest absolute Gasteiger partial charge is 0.497 e. The number of methoxy groups -OCH3 is 1. The van der Waals surface area contributed by atoms with Crippen molar-refractivity contribution in [1.29, 1.82) is 5.26 Å². The van der Waals surface area contributed by atoms with Crippen molar-refractivity contribution < 1.29 is 19.1 Å². The van der Waals surface area contributed by atoms with Gasteiger partial charge in [0.15, 0.2) is 0 Å². The van der Waals surface area contributed by atoms with Crippen LogP contribution in [-0.4, -0.2) is 24.1 Å². The molecule has 2 aromatic heterocycles. The van der Waals surface area contributed by atoms with Gasteiger partial charge in [0.05, 0.1) is 18.5 Å². The Morgan fingerprint density at radius 2 is 1.91 bits per heavy atom. The molecule has 0 fully saturated rings. The first-order chi connectivity index (χ1) is 16.8. The van der Waals surface area contributed by atoms with Crippen LogP contribution >= 0.6 is 11.3 Å². The molecule has 2 aromatic carbocycles. The van der Waals surface area contributed by atoms with Gasteiger partial charge in [0.25, 0.3) is 5.91 Å². The summed E-state index contributed by atoms with van der Waals surface area (Å²) >= 11 is 0.971. The van der Waals surface area contributed by atoms with Crippen molar-refractivity contribution in [1.82, 2.24) is 4.98 Å². The molecule has 7 N–H and O–H groups in total. The molecule has 4 aromatic rings. The maximum Gasteiger partial charge on any atom is 0.411 e. The third kappa shape index (κ3) is 4.50. The van der Waals surface area contributed by atoms with E-state index in [1.54, 1.807) is 18.2 Å². The number of nitrogens with two attached hydrogens (primary N) is 3. The number of carbonyl (C=O) groups excluding carboxylic acids is 2. The number of aromatic nitrogens is 1. The summed E-state index contributed by atoms with van der Waals surface area (Å²) in [4.78, 5) is 29.2. The minimum Gasteiger partial charge on any atom is -0.497 e. The second-order valence-corrected chi connectivity index (χ2v) is 8.35. The van der Waals surface area contributed by atoms with Crippen LogP contribution in [0.5, 0.6) is 5.75 Å². The lowest BCUT2D eigenvalue weighted by Crippen LogP contribution is -2.14. The van der Waals surface area contributed by atoms with Gasteiger partial charge in [-0.05, 0) is 17.7 Å². The molecule has 0 spiro atoms. The van der Waals surface area contributed by atoms with Gasteiger partial charge >= 0.3 is 6.09 Å². The highest BCUT2D eigenvalue weighted by Gasteiger charge is 2.25. The summed E-state index contributed by atoms with van der Waals surface area (Å²) < 4.78 is 10.7. The van der Waals surface area contributed by atoms with Crippen molar-refractivity contribution in [2.45, 2.75) is 6.61 Å². The Kier molecular flexibility index (Phi) is 6.39. The van der Waals surface area contributed by atoms with Gasteiger partial charge in [-0.25, -0.2) is 9.78 Å². The Hall–Kier alpha value is -4.82. The number of amides is 2. The topological polar surface area (TPSA) is 179 Å². The van der Waals surface area contributed by atoms with E-state index >= 15 is 0 Å². The number of pyridine rings is 1. The lowest BCUT2D eigenvalue weighted by Gasteiger charge is -2.16. The van der Waals surface area contributed by atoms with Crippen LogP contribution in [0, 0.1) is 11.3 Å². The number of nitriles is 1. The number of benzene rings is 2. The van der Waals surface area contributed by atoms with Crippen LogP contribution in [0.15, 0.2) is 48.5 Å². The van der Waals surface area contributed by atoms with Crippen LogP contribution in [0.1, 0.15) is 20.8 Å². The van der Waals surface area contributed by atoms with Crippen LogP contribution in [0.4, 0.5) is 22.0 Å². The monoisotopic (exact) mass is 488 g/mol. The van der Waals surface area contributed by atoms with E-state index < -0.39 is 12.0 Å². The molecule has 2 heterocycles. The number of carbonyl (C=O) groups is 2. The Labute approximate surface area is 203 Å². The van der Waals surface area contributed by atoms with Crippen LogP contribution in [0.25, 0.3) is 21.3 Å². The average Bonchev–Trinajstić information content (AvgIpc) is 3.18. The van der Waals surface area contributed by atoms with Crippen LogP contribution in [-0.2, 0) is 11.3 Å². The van der Waals surface area contributed by atoms with E-state index in [0.29, 0.717) is 27.1 Å². The van der Waals surface area contributed by atoms with Crippen molar-refractivity contribution in [2.24, 2.45) is 5.73 Å². The van der Waals surface area contributed by atoms with Crippen LogP contribution < -0.4 is 27.3 Å². The number of nitrogens with zero attached hydrogens (tertiary/aromatic N) is 2. The zero-order valence-corrected chi connectivity index (χ0v) is 19.3. The number of nitrogen functional groups attached to an aromatic ring is 2. The number of nitrogens with one attached hydrogen (secondary N) is 1. The number of fused-ring (bicyclic) bond motifs is 1. The lowest BCUT2D eigenvalue weighted by molar-refractivity contribution is 0.100. The zero-order valence-electron chi connectivity index (χ0n) is 18.5. The average molecular weight is 489 g/mol. The van der Waals surface area contributed by atoms with E-state index in [0.717, 1.165) is 16.9 Å². The summed E-state index contributed by atoms with van der Waals surface area (Å²) in [6.45, 7) is 0.0569. The summed E-state index contributed by atoms with van der Waals surface area (Å²) in [5, 5.41) is 12.9. The fourth-order valence-electron chi connectivity index (χ4n) is 3.58. The number of thiophene rings is 1. The van der Waals surface area contributed by atoms with Gasteiger partial charge in [0, 0.05) is 22.6 Å². The smallest absolute Gasteiger partial charge is 0.411 e. The highest BCUT2D eigenvalue weighted by molar-refractivity contribution is 7.21. The summed E-state index contributed by atoms with van der Waals surface area (Å²) in [5.41, 5.74) is 19.7. The molecular weight excluding hydrogens is 468 g/mol. The molecule has 0 aliphatic rings. The minimum absolute atomic E-state index is 0.0314. The van der Waals surface area contributed by atoms with E-state index in [2.05, 4.69) is 10.3 Å². The van der Waals surface area contributed by atoms with Crippen molar-refractivity contribution >= 4 is 50.7 Å². The molecular formula is C24H20N6O4S. The third-order valence-electron chi connectivity index (χ3n) is 5.19. The van der Waals surface area contributed by atoms with Gasteiger partial charge < -0.3 is 26.7 Å². The van der Waals surface area contributed by atoms with Gasteiger partial charge in [-0.15, -0.1) is 11.3 Å². The molecule has 176 valence electrons. The molecule has 11 heteroatoms. The molecule has 0 aliphatic heterocycles. The summed E-state index contributed by atoms with van der Waals surface area (Å²) in [6.07, 6.45) is -0.726. The van der Waals surface area contributed by atoms with Crippen molar-refractivity contribution in [3.63, 3.8) is 0 Å². The maximum atomic E-state index is 12.7.